The number of thiocarbonyl (C=S) groups is 1. The van der Waals surface area contributed by atoms with E-state index in [9.17, 15) is 9.59 Å². The zero-order valence-electron chi connectivity index (χ0n) is 16.8. The largest absolute Gasteiger partial charge is 0.488 e. The van der Waals surface area contributed by atoms with Crippen LogP contribution in [0.5, 0.6) is 5.75 Å². The molecular formula is C24H15BrCl2N2O3S. The van der Waals surface area contributed by atoms with Gasteiger partial charge in [0.2, 0.25) is 0 Å². The summed E-state index contributed by atoms with van der Waals surface area (Å²) in [7, 11) is 0. The Kier molecular flexibility index (Phi) is 7.14. The summed E-state index contributed by atoms with van der Waals surface area (Å²) in [5.74, 6) is -0.567. The minimum Gasteiger partial charge on any atom is -0.488 e. The molecule has 1 fully saturated rings. The number of hydrogen-bond donors (Lipinski definition) is 1. The molecule has 0 aromatic heterocycles. The third-order valence-electron chi connectivity index (χ3n) is 4.78. The van der Waals surface area contributed by atoms with E-state index >= 15 is 0 Å². The fraction of sp³-hybridized carbons (Fsp3) is 0.0417. The molecule has 4 rings (SSSR count). The molecule has 1 N–H and O–H groups in total. The number of nitrogens with zero attached hydrogens (tertiary/aromatic N) is 1. The minimum absolute atomic E-state index is 0.0721. The first-order valence-corrected chi connectivity index (χ1v) is 11.6. The standard InChI is InChI=1S/C24H15BrCl2N2O3S/c25-17-12-15(9-10-20(17)32-13-14-5-2-1-3-6-14)11-16-22(30)28-24(33)29(23(16)31)19-8-4-7-18(26)21(19)27/h1-12H,13H2,(H,28,30,33)/b16-11+. The number of amides is 2. The van der Waals surface area contributed by atoms with Crippen molar-refractivity contribution in [2.24, 2.45) is 0 Å². The van der Waals surface area contributed by atoms with Crippen LogP contribution in [0.2, 0.25) is 10.0 Å². The van der Waals surface area contributed by atoms with Gasteiger partial charge in [0.25, 0.3) is 11.8 Å². The van der Waals surface area contributed by atoms with E-state index in [-0.39, 0.29) is 26.4 Å². The van der Waals surface area contributed by atoms with E-state index in [1.165, 1.54) is 6.08 Å². The fourth-order valence-electron chi connectivity index (χ4n) is 3.17. The molecule has 33 heavy (non-hydrogen) atoms. The molecule has 166 valence electrons. The topological polar surface area (TPSA) is 58.6 Å². The quantitative estimate of drug-likeness (QED) is 0.230. The Morgan fingerprint density at radius 2 is 1.79 bits per heavy atom. The SMILES string of the molecule is O=C1NC(=S)N(c2cccc(Cl)c2Cl)C(=O)/C1=C/c1ccc(OCc2ccccc2)c(Br)c1. The second-order valence-electron chi connectivity index (χ2n) is 6.99. The number of benzene rings is 3. The number of nitrogens with one attached hydrogen (secondary N) is 1. The highest BCUT2D eigenvalue weighted by molar-refractivity contribution is 9.10. The maximum absolute atomic E-state index is 13.2. The summed E-state index contributed by atoms with van der Waals surface area (Å²) >= 11 is 21.1. The van der Waals surface area contributed by atoms with Gasteiger partial charge in [-0.3, -0.25) is 19.8 Å². The normalized spacial score (nSPS) is 15.1. The lowest BCUT2D eigenvalue weighted by atomic mass is 10.1. The van der Waals surface area contributed by atoms with Crippen LogP contribution < -0.4 is 15.0 Å². The van der Waals surface area contributed by atoms with Gasteiger partial charge in [-0.1, -0.05) is 65.7 Å². The zero-order chi connectivity index (χ0) is 23.5. The Labute approximate surface area is 214 Å². The zero-order valence-corrected chi connectivity index (χ0v) is 20.8. The van der Waals surface area contributed by atoms with Gasteiger partial charge in [0.1, 0.15) is 17.9 Å². The Morgan fingerprint density at radius 3 is 2.52 bits per heavy atom. The lowest BCUT2D eigenvalue weighted by molar-refractivity contribution is -0.122. The summed E-state index contributed by atoms with van der Waals surface area (Å²) in [6.07, 6.45) is 1.48. The minimum atomic E-state index is -0.603. The van der Waals surface area contributed by atoms with Gasteiger partial charge in [-0.05, 0) is 69.6 Å². The van der Waals surface area contributed by atoms with Gasteiger partial charge < -0.3 is 4.74 Å². The van der Waals surface area contributed by atoms with Crippen LogP contribution in [0, 0.1) is 0 Å². The molecule has 3 aromatic carbocycles. The molecule has 0 atom stereocenters. The Morgan fingerprint density at radius 1 is 1.03 bits per heavy atom. The van der Waals surface area contributed by atoms with E-state index in [4.69, 9.17) is 40.2 Å². The van der Waals surface area contributed by atoms with Crippen molar-refractivity contribution in [1.29, 1.82) is 0 Å². The molecule has 0 aliphatic carbocycles. The predicted molar refractivity (Wildman–Crippen MR) is 138 cm³/mol. The molecule has 3 aromatic rings. The number of rotatable bonds is 5. The van der Waals surface area contributed by atoms with Crippen molar-refractivity contribution >= 4 is 80.0 Å². The lowest BCUT2D eigenvalue weighted by Crippen LogP contribution is -2.54. The molecule has 1 aliphatic heterocycles. The van der Waals surface area contributed by atoms with Crippen LogP contribution in [0.15, 0.2) is 76.8 Å². The molecule has 1 aliphatic rings. The number of anilines is 1. The van der Waals surface area contributed by atoms with Crippen LogP contribution in [0.4, 0.5) is 5.69 Å². The number of hydrogen-bond acceptors (Lipinski definition) is 4. The highest BCUT2D eigenvalue weighted by Gasteiger charge is 2.35. The summed E-state index contributed by atoms with van der Waals surface area (Å²) in [6.45, 7) is 0.410. The van der Waals surface area contributed by atoms with Crippen LogP contribution in [-0.2, 0) is 16.2 Å². The van der Waals surface area contributed by atoms with Crippen molar-refractivity contribution in [2.75, 3.05) is 4.90 Å². The molecular weight excluding hydrogens is 547 g/mol. The second kappa shape index (κ2) is 10.1. The molecule has 2 amide bonds. The Balaban J connectivity index is 1.60. The molecule has 0 bridgehead atoms. The summed E-state index contributed by atoms with van der Waals surface area (Å²) < 4.78 is 6.54. The maximum atomic E-state index is 13.2. The van der Waals surface area contributed by atoms with Crippen molar-refractivity contribution in [2.45, 2.75) is 6.61 Å². The predicted octanol–water partition coefficient (Wildman–Crippen LogP) is 6.17. The average Bonchev–Trinajstić information content (AvgIpc) is 2.79. The molecule has 0 unspecified atom stereocenters. The molecule has 0 saturated carbocycles. The van der Waals surface area contributed by atoms with E-state index in [1.54, 1.807) is 36.4 Å². The number of carbonyl (C=O) groups excluding carboxylic acids is 2. The lowest BCUT2D eigenvalue weighted by Gasteiger charge is -2.29. The van der Waals surface area contributed by atoms with Gasteiger partial charge in [-0.2, -0.15) is 0 Å². The van der Waals surface area contributed by atoms with Crippen LogP contribution in [0.1, 0.15) is 11.1 Å². The molecule has 5 nitrogen and oxygen atoms in total. The van der Waals surface area contributed by atoms with E-state index in [0.717, 1.165) is 10.5 Å². The Bertz CT molecular complexity index is 1300. The monoisotopic (exact) mass is 560 g/mol. The van der Waals surface area contributed by atoms with Crippen LogP contribution in [0.25, 0.3) is 6.08 Å². The molecule has 1 saturated heterocycles. The van der Waals surface area contributed by atoms with E-state index in [2.05, 4.69) is 21.2 Å². The number of ether oxygens (including phenoxy) is 1. The van der Waals surface area contributed by atoms with Crippen molar-refractivity contribution in [3.8, 4) is 5.75 Å². The maximum Gasteiger partial charge on any atom is 0.270 e. The van der Waals surface area contributed by atoms with E-state index in [1.807, 2.05) is 30.3 Å². The second-order valence-corrected chi connectivity index (χ2v) is 9.02. The summed E-state index contributed by atoms with van der Waals surface area (Å²) in [5.41, 5.74) is 1.86. The van der Waals surface area contributed by atoms with Crippen LogP contribution in [-0.4, -0.2) is 16.9 Å². The molecule has 0 radical (unpaired) electrons. The Hall–Kier alpha value is -2.71. The molecule has 9 heteroatoms. The molecule has 1 heterocycles. The van der Waals surface area contributed by atoms with Gasteiger partial charge in [0.15, 0.2) is 5.11 Å². The first-order valence-electron chi connectivity index (χ1n) is 9.67. The van der Waals surface area contributed by atoms with Gasteiger partial charge in [-0.15, -0.1) is 0 Å². The van der Waals surface area contributed by atoms with Gasteiger partial charge in [-0.25, -0.2) is 0 Å². The van der Waals surface area contributed by atoms with Gasteiger partial charge in [0, 0.05) is 0 Å². The fourth-order valence-corrected chi connectivity index (χ4v) is 4.33. The van der Waals surface area contributed by atoms with Crippen molar-refractivity contribution in [1.82, 2.24) is 5.32 Å². The third-order valence-corrected chi connectivity index (χ3v) is 6.49. The van der Waals surface area contributed by atoms with E-state index < -0.39 is 11.8 Å². The first-order chi connectivity index (χ1) is 15.8. The number of halogens is 3. The van der Waals surface area contributed by atoms with Gasteiger partial charge >= 0.3 is 0 Å². The number of carbonyl (C=O) groups is 2. The van der Waals surface area contributed by atoms with Crippen molar-refractivity contribution in [3.05, 3.63) is 97.9 Å². The smallest absolute Gasteiger partial charge is 0.270 e. The average molecular weight is 562 g/mol. The molecule has 0 spiro atoms. The van der Waals surface area contributed by atoms with Crippen molar-refractivity contribution < 1.29 is 14.3 Å². The van der Waals surface area contributed by atoms with Gasteiger partial charge in [0.05, 0.1) is 20.2 Å². The highest BCUT2D eigenvalue weighted by atomic mass is 79.9. The van der Waals surface area contributed by atoms with Crippen LogP contribution >= 0.6 is 51.3 Å². The summed E-state index contributed by atoms with van der Waals surface area (Å²) in [5, 5.41) is 2.89. The summed E-state index contributed by atoms with van der Waals surface area (Å²) in [4.78, 5) is 26.9. The van der Waals surface area contributed by atoms with Crippen LogP contribution in [0.3, 0.4) is 0 Å². The summed E-state index contributed by atoms with van der Waals surface area (Å²) in [6, 6.07) is 19.9. The van der Waals surface area contributed by atoms with E-state index in [0.29, 0.717) is 22.4 Å². The third kappa shape index (κ3) is 5.12. The van der Waals surface area contributed by atoms with Crippen molar-refractivity contribution in [3.63, 3.8) is 0 Å². The highest BCUT2D eigenvalue weighted by Crippen LogP contribution is 2.35. The first kappa shape index (κ1) is 23.4.